The van der Waals surface area contributed by atoms with Gasteiger partial charge in [-0.2, -0.15) is 0 Å². The molecule has 0 bridgehead atoms. The molecule has 0 fully saturated rings. The maximum absolute atomic E-state index is 13.7. The van der Waals surface area contributed by atoms with Gasteiger partial charge in [0.1, 0.15) is 16.4 Å². The number of carbonyl (C=O) groups is 2. The Kier molecular flexibility index (Phi) is 6.35. The van der Waals surface area contributed by atoms with Crippen LogP contribution in [-0.4, -0.2) is 11.8 Å². The van der Waals surface area contributed by atoms with E-state index in [9.17, 15) is 14.0 Å². The summed E-state index contributed by atoms with van der Waals surface area (Å²) in [6.45, 7) is 4.00. The highest BCUT2D eigenvalue weighted by molar-refractivity contribution is 8.04. The lowest BCUT2D eigenvalue weighted by molar-refractivity contribution is -0.120. The van der Waals surface area contributed by atoms with E-state index >= 15 is 0 Å². The molecule has 0 unspecified atom stereocenters. The lowest BCUT2D eigenvalue weighted by Crippen LogP contribution is -2.32. The molecule has 0 radical (unpaired) electrons. The van der Waals surface area contributed by atoms with Crippen molar-refractivity contribution < 1.29 is 14.0 Å². The third-order valence-corrected chi connectivity index (χ3v) is 6.48. The smallest absolute Gasteiger partial charge is 0.283 e. The lowest BCUT2D eigenvalue weighted by Gasteiger charge is -2.16. The highest BCUT2D eigenvalue weighted by Crippen LogP contribution is 2.39. The van der Waals surface area contributed by atoms with Gasteiger partial charge in [-0.15, -0.1) is 0 Å². The van der Waals surface area contributed by atoms with Gasteiger partial charge in [-0.1, -0.05) is 66.2 Å². The number of nitrogens with zero attached hydrogens (tertiary/aromatic N) is 1. The van der Waals surface area contributed by atoms with E-state index in [4.69, 9.17) is 11.6 Å². The minimum atomic E-state index is -0.619. The number of imide groups is 1. The van der Waals surface area contributed by atoms with E-state index in [0.717, 1.165) is 39.1 Å². The first-order valence-corrected chi connectivity index (χ1v) is 11.3. The summed E-state index contributed by atoms with van der Waals surface area (Å²) in [4.78, 5) is 28.9. The number of amides is 2. The van der Waals surface area contributed by atoms with Crippen LogP contribution in [0.5, 0.6) is 0 Å². The molecular formula is C25H20ClFN2O2S. The zero-order valence-corrected chi connectivity index (χ0v) is 19.1. The number of para-hydroxylation sites is 1. The van der Waals surface area contributed by atoms with Gasteiger partial charge in [0.2, 0.25) is 0 Å². The molecule has 3 aromatic rings. The predicted molar refractivity (Wildman–Crippen MR) is 127 cm³/mol. The van der Waals surface area contributed by atoms with Crippen molar-refractivity contribution in [3.05, 3.63) is 99.3 Å². The van der Waals surface area contributed by atoms with Crippen molar-refractivity contribution in [3.63, 3.8) is 0 Å². The Morgan fingerprint density at radius 2 is 1.72 bits per heavy atom. The van der Waals surface area contributed by atoms with Crippen LogP contribution in [0, 0.1) is 12.7 Å². The van der Waals surface area contributed by atoms with Gasteiger partial charge < -0.3 is 5.32 Å². The van der Waals surface area contributed by atoms with Crippen LogP contribution in [-0.2, 0) is 16.0 Å². The van der Waals surface area contributed by atoms with Gasteiger partial charge in [-0.05, 0) is 55.3 Å². The molecule has 1 N–H and O–H groups in total. The molecule has 0 aromatic heterocycles. The molecule has 1 aliphatic heterocycles. The van der Waals surface area contributed by atoms with Crippen LogP contribution in [0.4, 0.5) is 15.8 Å². The first-order valence-electron chi connectivity index (χ1n) is 10.1. The summed E-state index contributed by atoms with van der Waals surface area (Å²) in [5.41, 5.74) is 3.27. The third-order valence-electron chi connectivity index (χ3n) is 5.10. The van der Waals surface area contributed by atoms with E-state index in [2.05, 4.69) is 5.32 Å². The van der Waals surface area contributed by atoms with Crippen molar-refractivity contribution in [3.8, 4) is 0 Å². The van der Waals surface area contributed by atoms with Crippen molar-refractivity contribution in [1.29, 1.82) is 0 Å². The minimum Gasteiger partial charge on any atom is -0.350 e. The van der Waals surface area contributed by atoms with Gasteiger partial charge >= 0.3 is 0 Å². The summed E-state index contributed by atoms with van der Waals surface area (Å²) in [7, 11) is 0. The van der Waals surface area contributed by atoms with E-state index in [1.165, 1.54) is 23.9 Å². The molecule has 1 aliphatic rings. The van der Waals surface area contributed by atoms with Crippen molar-refractivity contribution in [1.82, 2.24) is 0 Å². The Bertz CT molecular complexity index is 1240. The van der Waals surface area contributed by atoms with Gasteiger partial charge in [0, 0.05) is 10.6 Å². The maximum atomic E-state index is 13.7. The van der Waals surface area contributed by atoms with Gasteiger partial charge in [0.05, 0.1) is 10.7 Å². The zero-order chi connectivity index (χ0) is 22.8. The quantitative estimate of drug-likeness (QED) is 0.431. The molecule has 0 atom stereocenters. The number of aryl methyl sites for hydroxylation is 2. The average molecular weight is 467 g/mol. The number of thioether (sulfide) groups is 1. The standard InChI is InChI=1S/C25H20ClFN2O2S/c1-3-16-6-4-5-7-21(16)28-22-23(32-18-11-8-15(2)9-12-18)25(31)29(24(22)30)17-10-13-20(27)19(26)14-17/h4-14,28H,3H2,1-2H3. The molecule has 4 nitrogen and oxygen atoms in total. The maximum Gasteiger partial charge on any atom is 0.283 e. The molecule has 3 aromatic carbocycles. The molecule has 0 saturated heterocycles. The van der Waals surface area contributed by atoms with Gasteiger partial charge in [0.25, 0.3) is 11.8 Å². The summed E-state index contributed by atoms with van der Waals surface area (Å²) in [5, 5.41) is 3.03. The molecular weight excluding hydrogens is 447 g/mol. The molecule has 7 heteroatoms. The van der Waals surface area contributed by atoms with E-state index in [-0.39, 0.29) is 21.3 Å². The van der Waals surface area contributed by atoms with Gasteiger partial charge in [-0.25, -0.2) is 9.29 Å². The van der Waals surface area contributed by atoms with Crippen LogP contribution >= 0.6 is 23.4 Å². The Balaban J connectivity index is 1.77. The number of halogens is 2. The predicted octanol–water partition coefficient (Wildman–Crippen LogP) is 6.34. The summed E-state index contributed by atoms with van der Waals surface area (Å²) in [5.74, 6) is -1.62. The molecule has 0 spiro atoms. The summed E-state index contributed by atoms with van der Waals surface area (Å²) >= 11 is 7.13. The number of carbonyl (C=O) groups excluding carboxylic acids is 2. The normalized spacial score (nSPS) is 13.8. The van der Waals surface area contributed by atoms with Crippen LogP contribution < -0.4 is 10.2 Å². The first kappa shape index (κ1) is 22.1. The first-order chi connectivity index (χ1) is 15.4. The van der Waals surface area contributed by atoms with Crippen molar-refractivity contribution >= 4 is 46.6 Å². The van der Waals surface area contributed by atoms with E-state index < -0.39 is 17.6 Å². The summed E-state index contributed by atoms with van der Waals surface area (Å²) < 4.78 is 13.7. The van der Waals surface area contributed by atoms with E-state index in [1.807, 2.05) is 62.4 Å². The largest absolute Gasteiger partial charge is 0.350 e. The van der Waals surface area contributed by atoms with Crippen LogP contribution in [0.15, 0.2) is 82.2 Å². The molecule has 0 aliphatic carbocycles. The van der Waals surface area contributed by atoms with Gasteiger partial charge in [0.15, 0.2) is 0 Å². The second kappa shape index (κ2) is 9.18. The van der Waals surface area contributed by atoms with Crippen molar-refractivity contribution in [2.24, 2.45) is 0 Å². The summed E-state index contributed by atoms with van der Waals surface area (Å²) in [6, 6.07) is 19.1. The van der Waals surface area contributed by atoms with E-state index in [1.54, 1.807) is 0 Å². The molecule has 32 heavy (non-hydrogen) atoms. The topological polar surface area (TPSA) is 49.4 Å². The number of benzene rings is 3. The second-order valence-electron chi connectivity index (χ2n) is 7.30. The minimum absolute atomic E-state index is 0.159. The fourth-order valence-electron chi connectivity index (χ4n) is 3.38. The Morgan fingerprint density at radius 1 is 1.00 bits per heavy atom. The highest BCUT2D eigenvalue weighted by atomic mass is 35.5. The Hall–Kier alpha value is -3.09. The van der Waals surface area contributed by atoms with Crippen LogP contribution in [0.25, 0.3) is 0 Å². The van der Waals surface area contributed by atoms with Crippen LogP contribution in [0.3, 0.4) is 0 Å². The molecule has 4 rings (SSSR count). The zero-order valence-electron chi connectivity index (χ0n) is 17.5. The molecule has 2 amide bonds. The summed E-state index contributed by atoms with van der Waals surface area (Å²) in [6.07, 6.45) is 0.760. The fraction of sp³-hybridized carbons (Fsp3) is 0.120. The SMILES string of the molecule is CCc1ccccc1NC1=C(Sc2ccc(C)cc2)C(=O)N(c2ccc(F)c(Cl)c2)C1=O. The molecule has 0 saturated carbocycles. The number of hydrogen-bond acceptors (Lipinski definition) is 4. The highest BCUT2D eigenvalue weighted by Gasteiger charge is 2.40. The van der Waals surface area contributed by atoms with Crippen molar-refractivity contribution in [2.75, 3.05) is 10.2 Å². The Morgan fingerprint density at radius 3 is 2.41 bits per heavy atom. The monoisotopic (exact) mass is 466 g/mol. The van der Waals surface area contributed by atoms with Crippen LogP contribution in [0.2, 0.25) is 5.02 Å². The Labute approximate surface area is 195 Å². The molecule has 1 heterocycles. The number of nitrogens with one attached hydrogen (secondary N) is 1. The van der Waals surface area contributed by atoms with E-state index in [0.29, 0.717) is 0 Å². The molecule has 162 valence electrons. The number of hydrogen-bond donors (Lipinski definition) is 1. The second-order valence-corrected chi connectivity index (χ2v) is 8.79. The number of anilines is 2. The van der Waals surface area contributed by atoms with Gasteiger partial charge in [-0.3, -0.25) is 9.59 Å². The van der Waals surface area contributed by atoms with Crippen molar-refractivity contribution in [2.45, 2.75) is 25.2 Å². The average Bonchev–Trinajstić information content (AvgIpc) is 3.01. The fourth-order valence-corrected chi connectivity index (χ4v) is 4.48. The lowest BCUT2D eigenvalue weighted by atomic mass is 10.1. The third kappa shape index (κ3) is 4.29. The van der Waals surface area contributed by atoms with Crippen LogP contribution in [0.1, 0.15) is 18.1 Å². The number of rotatable bonds is 6.